The smallest absolute Gasteiger partial charge is 0.276 e. The molecule has 1 fully saturated rings. The molecule has 0 amide bonds. The molecule has 0 aromatic rings. The summed E-state index contributed by atoms with van der Waals surface area (Å²) in [5.74, 6) is 0. The Balaban J connectivity index is 2.39. The fourth-order valence-corrected chi connectivity index (χ4v) is 1.72. The van der Waals surface area contributed by atoms with Crippen LogP contribution in [0.1, 0.15) is 19.3 Å². The summed E-state index contributed by atoms with van der Waals surface area (Å²) in [6, 6.07) is 0. The third-order valence-corrected chi connectivity index (χ3v) is 3.19. The largest absolute Gasteiger partial charge is 0.377 e. The van der Waals surface area contributed by atoms with E-state index in [2.05, 4.69) is 0 Å². The lowest BCUT2D eigenvalue weighted by molar-refractivity contribution is 0.00858. The van der Waals surface area contributed by atoms with E-state index in [0.29, 0.717) is 6.54 Å². The van der Waals surface area contributed by atoms with E-state index in [4.69, 9.17) is 9.88 Å². The van der Waals surface area contributed by atoms with Gasteiger partial charge >= 0.3 is 0 Å². The van der Waals surface area contributed by atoms with E-state index >= 15 is 0 Å². The predicted octanol–water partition coefficient (Wildman–Crippen LogP) is -0.309. The molecule has 1 heterocycles. The van der Waals surface area contributed by atoms with Gasteiger partial charge in [-0.1, -0.05) is 0 Å². The van der Waals surface area contributed by atoms with Crippen molar-refractivity contribution in [3.63, 3.8) is 0 Å². The predicted molar refractivity (Wildman–Crippen MR) is 49.3 cm³/mol. The molecule has 0 radical (unpaired) electrons. The van der Waals surface area contributed by atoms with Gasteiger partial charge in [0.05, 0.1) is 6.10 Å². The van der Waals surface area contributed by atoms with Gasteiger partial charge in [0.15, 0.2) is 0 Å². The number of nitrogens with zero attached hydrogens (tertiary/aromatic N) is 1. The Kier molecular flexibility index (Phi) is 3.66. The first-order valence-electron chi connectivity index (χ1n) is 4.36. The third kappa shape index (κ3) is 3.60. The molecule has 0 saturated carbocycles. The van der Waals surface area contributed by atoms with Crippen LogP contribution in [0.5, 0.6) is 0 Å². The van der Waals surface area contributed by atoms with Gasteiger partial charge in [-0.3, -0.25) is 0 Å². The lowest BCUT2D eigenvalue weighted by Crippen LogP contribution is -2.40. The monoisotopic (exact) mass is 208 g/mol. The molecule has 1 saturated heterocycles. The lowest BCUT2D eigenvalue weighted by atomic mass is 10.1. The molecule has 0 bridgehead atoms. The van der Waals surface area contributed by atoms with Crippen LogP contribution in [0, 0.1) is 0 Å². The first-order chi connectivity index (χ1) is 6.00. The summed E-state index contributed by atoms with van der Waals surface area (Å²) in [6.45, 7) is 1.09. The maximum absolute atomic E-state index is 10.9. The highest BCUT2D eigenvalue weighted by Gasteiger charge is 2.20. The number of hydrogen-bond donors (Lipinski definition) is 1. The number of ether oxygens (including phenoxy) is 1. The van der Waals surface area contributed by atoms with Crippen molar-refractivity contribution in [3.05, 3.63) is 0 Å². The van der Waals surface area contributed by atoms with E-state index in [9.17, 15) is 8.42 Å². The molecule has 1 aliphatic heterocycles. The second kappa shape index (κ2) is 4.36. The summed E-state index contributed by atoms with van der Waals surface area (Å²) in [6.07, 6.45) is 3.09. The Morgan fingerprint density at radius 1 is 1.54 bits per heavy atom. The summed E-state index contributed by atoms with van der Waals surface area (Å²) in [7, 11) is -2.08. The fourth-order valence-electron chi connectivity index (χ4n) is 1.34. The van der Waals surface area contributed by atoms with E-state index in [1.807, 2.05) is 0 Å². The topological polar surface area (TPSA) is 72.6 Å². The number of hydrogen-bond acceptors (Lipinski definition) is 3. The maximum atomic E-state index is 10.9. The summed E-state index contributed by atoms with van der Waals surface area (Å²) in [4.78, 5) is 0. The van der Waals surface area contributed by atoms with Crippen molar-refractivity contribution in [1.29, 1.82) is 0 Å². The van der Waals surface area contributed by atoms with Gasteiger partial charge in [0.2, 0.25) is 0 Å². The Bertz CT molecular complexity index is 246. The van der Waals surface area contributed by atoms with Gasteiger partial charge in [0.25, 0.3) is 10.2 Å². The molecule has 0 aliphatic carbocycles. The minimum atomic E-state index is -3.55. The molecule has 13 heavy (non-hydrogen) atoms. The van der Waals surface area contributed by atoms with Crippen LogP contribution in [0.15, 0.2) is 0 Å². The highest BCUT2D eigenvalue weighted by molar-refractivity contribution is 7.86. The molecule has 5 nitrogen and oxygen atoms in total. The van der Waals surface area contributed by atoms with Crippen molar-refractivity contribution in [2.24, 2.45) is 5.14 Å². The summed E-state index contributed by atoms with van der Waals surface area (Å²) in [5.41, 5.74) is 0. The molecule has 2 N–H and O–H groups in total. The van der Waals surface area contributed by atoms with E-state index in [1.165, 1.54) is 7.05 Å². The van der Waals surface area contributed by atoms with Crippen molar-refractivity contribution in [2.75, 3.05) is 20.2 Å². The quantitative estimate of drug-likeness (QED) is 0.691. The van der Waals surface area contributed by atoms with Gasteiger partial charge in [0, 0.05) is 20.2 Å². The number of rotatable bonds is 3. The van der Waals surface area contributed by atoms with Crippen LogP contribution < -0.4 is 5.14 Å². The van der Waals surface area contributed by atoms with Crippen LogP contribution in [0.25, 0.3) is 0 Å². The highest BCUT2D eigenvalue weighted by Crippen LogP contribution is 2.13. The zero-order valence-corrected chi connectivity index (χ0v) is 8.59. The van der Waals surface area contributed by atoms with Gasteiger partial charge in [-0.2, -0.15) is 12.7 Å². The molecule has 1 rings (SSSR count). The van der Waals surface area contributed by atoms with E-state index in [0.717, 1.165) is 30.2 Å². The summed E-state index contributed by atoms with van der Waals surface area (Å²) < 4.78 is 28.2. The Morgan fingerprint density at radius 3 is 2.69 bits per heavy atom. The Hall–Kier alpha value is -0.170. The summed E-state index contributed by atoms with van der Waals surface area (Å²) >= 11 is 0. The van der Waals surface area contributed by atoms with Gasteiger partial charge in [-0.25, -0.2) is 5.14 Å². The SMILES string of the molecule is CN(CC1CCCCO1)S(N)(=O)=O. The van der Waals surface area contributed by atoms with Crippen LogP contribution in [-0.2, 0) is 14.9 Å². The third-order valence-electron chi connectivity index (χ3n) is 2.17. The molecular weight excluding hydrogens is 192 g/mol. The van der Waals surface area contributed by atoms with Crippen molar-refractivity contribution >= 4 is 10.2 Å². The summed E-state index contributed by atoms with van der Waals surface area (Å²) in [5, 5.41) is 4.94. The van der Waals surface area contributed by atoms with Crippen molar-refractivity contribution in [1.82, 2.24) is 4.31 Å². The van der Waals surface area contributed by atoms with E-state index in [-0.39, 0.29) is 6.10 Å². The van der Waals surface area contributed by atoms with Crippen LogP contribution in [0.4, 0.5) is 0 Å². The van der Waals surface area contributed by atoms with E-state index in [1.54, 1.807) is 0 Å². The van der Waals surface area contributed by atoms with Gasteiger partial charge in [0.1, 0.15) is 0 Å². The highest BCUT2D eigenvalue weighted by atomic mass is 32.2. The molecule has 1 atom stereocenters. The molecule has 78 valence electrons. The van der Waals surface area contributed by atoms with Crippen LogP contribution in [-0.4, -0.2) is 39.0 Å². The second-order valence-electron chi connectivity index (χ2n) is 3.31. The Labute approximate surface area is 79.0 Å². The second-order valence-corrected chi connectivity index (χ2v) is 4.97. The van der Waals surface area contributed by atoms with Crippen molar-refractivity contribution < 1.29 is 13.2 Å². The molecule has 0 aromatic heterocycles. The zero-order valence-electron chi connectivity index (χ0n) is 7.77. The average molecular weight is 208 g/mol. The molecular formula is C7H16N2O3S. The standard InChI is InChI=1S/C7H16N2O3S/c1-9(13(8,10)11)6-7-4-2-3-5-12-7/h7H,2-6H2,1H3,(H2,8,10,11). The zero-order chi connectivity index (χ0) is 9.90. The normalized spacial score (nSPS) is 25.0. The van der Waals surface area contributed by atoms with Crippen LogP contribution in [0.3, 0.4) is 0 Å². The van der Waals surface area contributed by atoms with Crippen LogP contribution >= 0.6 is 0 Å². The van der Waals surface area contributed by atoms with Crippen molar-refractivity contribution in [3.8, 4) is 0 Å². The first kappa shape index (κ1) is 10.9. The first-order valence-corrected chi connectivity index (χ1v) is 5.86. The minimum absolute atomic E-state index is 0.0112. The van der Waals surface area contributed by atoms with Crippen LogP contribution in [0.2, 0.25) is 0 Å². The minimum Gasteiger partial charge on any atom is -0.377 e. The molecule has 0 spiro atoms. The molecule has 1 aliphatic rings. The van der Waals surface area contributed by atoms with E-state index < -0.39 is 10.2 Å². The molecule has 6 heteroatoms. The number of likely N-dealkylation sites (N-methyl/N-ethyl adjacent to an activating group) is 1. The lowest BCUT2D eigenvalue weighted by Gasteiger charge is -2.25. The molecule has 1 unspecified atom stereocenters. The van der Waals surface area contributed by atoms with Crippen molar-refractivity contribution in [2.45, 2.75) is 25.4 Å². The van der Waals surface area contributed by atoms with Gasteiger partial charge in [-0.15, -0.1) is 0 Å². The van der Waals surface area contributed by atoms with Gasteiger partial charge < -0.3 is 4.74 Å². The maximum Gasteiger partial charge on any atom is 0.276 e. The van der Waals surface area contributed by atoms with Gasteiger partial charge in [-0.05, 0) is 19.3 Å². The fraction of sp³-hybridized carbons (Fsp3) is 1.00. The number of nitrogens with two attached hydrogens (primary N) is 1. The molecule has 0 aromatic carbocycles. The average Bonchev–Trinajstić information content (AvgIpc) is 2.04. The Morgan fingerprint density at radius 2 is 2.23 bits per heavy atom.